The molecule has 1 N–H and O–H groups in total. The van der Waals surface area contributed by atoms with Crippen LogP contribution in [0, 0.1) is 5.92 Å². The third kappa shape index (κ3) is 3.55. The zero-order chi connectivity index (χ0) is 14.7. The first-order valence-corrected chi connectivity index (χ1v) is 8.45. The highest BCUT2D eigenvalue weighted by atomic mass is 79.9. The maximum Gasteiger partial charge on any atom is 0.340 e. The molecular formula is C15H19Br2NO2. The molecule has 0 heterocycles. The third-order valence-corrected chi connectivity index (χ3v) is 4.98. The average Bonchev–Trinajstić information content (AvgIpc) is 2.42. The number of hydrogen-bond donors (Lipinski definition) is 1. The van der Waals surface area contributed by atoms with Crippen molar-refractivity contribution in [1.29, 1.82) is 0 Å². The second kappa shape index (κ2) is 6.94. The summed E-state index contributed by atoms with van der Waals surface area (Å²) in [5.41, 5.74) is 1.39. The van der Waals surface area contributed by atoms with Gasteiger partial charge < -0.3 is 10.1 Å². The Bertz CT molecular complexity index is 505. The molecule has 3 nitrogen and oxygen atoms in total. The normalized spacial score (nSPS) is 22.4. The molecule has 0 aromatic heterocycles. The average molecular weight is 405 g/mol. The highest BCUT2D eigenvalue weighted by Crippen LogP contribution is 2.34. The van der Waals surface area contributed by atoms with Gasteiger partial charge in [0.25, 0.3) is 0 Å². The topological polar surface area (TPSA) is 38.3 Å². The summed E-state index contributed by atoms with van der Waals surface area (Å²) >= 11 is 6.96. The van der Waals surface area contributed by atoms with Crippen molar-refractivity contribution in [3.8, 4) is 0 Å². The number of halogens is 2. The predicted molar refractivity (Wildman–Crippen MR) is 88.2 cm³/mol. The molecule has 0 amide bonds. The molecule has 0 bridgehead atoms. The first kappa shape index (κ1) is 15.8. The molecule has 0 aliphatic heterocycles. The number of ether oxygens (including phenoxy) is 1. The van der Waals surface area contributed by atoms with Crippen LogP contribution >= 0.6 is 31.9 Å². The number of anilines is 1. The summed E-state index contributed by atoms with van der Waals surface area (Å²) in [4.78, 5) is 12.0. The highest BCUT2D eigenvalue weighted by molar-refractivity contribution is 9.11. The van der Waals surface area contributed by atoms with E-state index in [-0.39, 0.29) is 5.97 Å². The number of carbonyl (C=O) groups is 1. The zero-order valence-electron chi connectivity index (χ0n) is 11.7. The molecule has 1 saturated carbocycles. The van der Waals surface area contributed by atoms with Gasteiger partial charge in [0, 0.05) is 15.0 Å². The molecule has 1 aromatic carbocycles. The summed E-state index contributed by atoms with van der Waals surface area (Å²) in [6, 6.07) is 4.15. The summed E-state index contributed by atoms with van der Waals surface area (Å²) in [5, 5.41) is 3.54. The summed E-state index contributed by atoms with van der Waals surface area (Å²) in [5.74, 6) is 0.294. The number of methoxy groups -OCH3 is 1. The Kier molecular flexibility index (Phi) is 5.49. The van der Waals surface area contributed by atoms with E-state index < -0.39 is 0 Å². The van der Waals surface area contributed by atoms with Gasteiger partial charge >= 0.3 is 5.97 Å². The van der Waals surface area contributed by atoms with Gasteiger partial charge in [-0.25, -0.2) is 4.79 Å². The molecule has 0 saturated heterocycles. The molecule has 2 rings (SSSR count). The lowest BCUT2D eigenvalue weighted by Crippen LogP contribution is -2.31. The van der Waals surface area contributed by atoms with E-state index in [9.17, 15) is 4.79 Å². The molecule has 20 heavy (non-hydrogen) atoms. The van der Waals surface area contributed by atoms with Crippen LogP contribution < -0.4 is 5.32 Å². The predicted octanol–water partition coefficient (Wildman–Crippen LogP) is 4.99. The van der Waals surface area contributed by atoms with Crippen LogP contribution in [0.2, 0.25) is 0 Å². The molecule has 0 spiro atoms. The van der Waals surface area contributed by atoms with Gasteiger partial charge in [-0.15, -0.1) is 0 Å². The largest absolute Gasteiger partial charge is 0.465 e. The molecule has 1 aliphatic rings. The van der Waals surface area contributed by atoms with Crippen molar-refractivity contribution < 1.29 is 9.53 Å². The van der Waals surface area contributed by atoms with Crippen molar-refractivity contribution in [2.45, 2.75) is 38.6 Å². The lowest BCUT2D eigenvalue weighted by atomic mass is 9.85. The zero-order valence-corrected chi connectivity index (χ0v) is 14.9. The minimum atomic E-state index is -0.321. The summed E-state index contributed by atoms with van der Waals surface area (Å²) < 4.78 is 6.62. The van der Waals surface area contributed by atoms with Crippen LogP contribution in [0.25, 0.3) is 0 Å². The van der Waals surface area contributed by atoms with Gasteiger partial charge in [0.15, 0.2) is 0 Å². The lowest BCUT2D eigenvalue weighted by Gasteiger charge is -2.31. The maximum atomic E-state index is 12.0. The molecule has 1 aromatic rings. The molecular weight excluding hydrogens is 386 g/mol. The van der Waals surface area contributed by atoms with E-state index in [1.807, 2.05) is 6.07 Å². The number of benzene rings is 1. The van der Waals surface area contributed by atoms with Crippen LogP contribution in [-0.4, -0.2) is 19.1 Å². The van der Waals surface area contributed by atoms with Gasteiger partial charge in [-0.3, -0.25) is 0 Å². The first-order chi connectivity index (χ1) is 9.52. The van der Waals surface area contributed by atoms with Gasteiger partial charge in [0.05, 0.1) is 18.4 Å². The fourth-order valence-corrected chi connectivity index (χ4v) is 4.05. The first-order valence-electron chi connectivity index (χ1n) is 6.87. The molecule has 110 valence electrons. The number of esters is 1. The maximum absolute atomic E-state index is 12.0. The highest BCUT2D eigenvalue weighted by Gasteiger charge is 2.24. The molecule has 1 aliphatic carbocycles. The third-order valence-electron chi connectivity index (χ3n) is 3.90. The lowest BCUT2D eigenvalue weighted by molar-refractivity contribution is 0.0601. The number of nitrogens with one attached hydrogen (secondary N) is 1. The van der Waals surface area contributed by atoms with Crippen molar-refractivity contribution in [2.75, 3.05) is 12.4 Å². The van der Waals surface area contributed by atoms with Crippen molar-refractivity contribution in [3.63, 3.8) is 0 Å². The second-order valence-electron chi connectivity index (χ2n) is 5.31. The van der Waals surface area contributed by atoms with Crippen LogP contribution in [-0.2, 0) is 4.74 Å². The van der Waals surface area contributed by atoms with Gasteiger partial charge in [0.2, 0.25) is 0 Å². The van der Waals surface area contributed by atoms with Crippen molar-refractivity contribution in [3.05, 3.63) is 26.6 Å². The quantitative estimate of drug-likeness (QED) is 0.721. The SMILES string of the molecule is COC(=O)c1cc(Br)cc(Br)c1NC1CCCCC1C. The summed E-state index contributed by atoms with van der Waals surface area (Å²) in [6.07, 6.45) is 4.91. The Labute approximate surface area is 136 Å². The monoisotopic (exact) mass is 403 g/mol. The standard InChI is InChI=1S/C15H19Br2NO2/c1-9-5-3-4-6-13(9)18-14-11(15(19)20-2)7-10(16)8-12(14)17/h7-9,13,18H,3-6H2,1-2H3. The Morgan fingerprint density at radius 2 is 2.00 bits per heavy atom. The van der Waals surface area contributed by atoms with E-state index in [2.05, 4.69) is 44.1 Å². The van der Waals surface area contributed by atoms with E-state index in [1.54, 1.807) is 6.07 Å². The van der Waals surface area contributed by atoms with E-state index in [4.69, 9.17) is 4.74 Å². The second-order valence-corrected chi connectivity index (χ2v) is 7.08. The van der Waals surface area contributed by atoms with Crippen molar-refractivity contribution >= 4 is 43.5 Å². The van der Waals surface area contributed by atoms with Crippen LogP contribution in [0.3, 0.4) is 0 Å². The Balaban J connectivity index is 2.32. The minimum absolute atomic E-state index is 0.321. The van der Waals surface area contributed by atoms with Crippen LogP contribution in [0.5, 0.6) is 0 Å². The van der Waals surface area contributed by atoms with Gasteiger partial charge in [-0.1, -0.05) is 35.7 Å². The van der Waals surface area contributed by atoms with Crippen LogP contribution in [0.1, 0.15) is 43.0 Å². The smallest absolute Gasteiger partial charge is 0.340 e. The molecule has 0 radical (unpaired) electrons. The van der Waals surface area contributed by atoms with Crippen molar-refractivity contribution in [2.24, 2.45) is 5.92 Å². The molecule has 2 atom stereocenters. The van der Waals surface area contributed by atoms with Crippen LogP contribution in [0.4, 0.5) is 5.69 Å². The van der Waals surface area contributed by atoms with Gasteiger partial charge in [-0.05, 0) is 46.8 Å². The molecule has 1 fully saturated rings. The number of rotatable bonds is 3. The van der Waals surface area contributed by atoms with Gasteiger partial charge in [-0.2, -0.15) is 0 Å². The van der Waals surface area contributed by atoms with Crippen molar-refractivity contribution in [1.82, 2.24) is 0 Å². The fraction of sp³-hybridized carbons (Fsp3) is 0.533. The number of carbonyl (C=O) groups excluding carboxylic acids is 1. The van der Waals surface area contributed by atoms with E-state index in [0.29, 0.717) is 17.5 Å². The van der Waals surface area contributed by atoms with E-state index in [1.165, 1.54) is 26.4 Å². The molecule has 2 unspecified atom stereocenters. The Morgan fingerprint density at radius 3 is 2.65 bits per heavy atom. The Morgan fingerprint density at radius 1 is 1.30 bits per heavy atom. The van der Waals surface area contributed by atoms with Crippen LogP contribution in [0.15, 0.2) is 21.1 Å². The minimum Gasteiger partial charge on any atom is -0.465 e. The summed E-state index contributed by atoms with van der Waals surface area (Å²) in [6.45, 7) is 2.27. The fourth-order valence-electron chi connectivity index (χ4n) is 2.71. The molecule has 5 heteroatoms. The Hall–Kier alpha value is -0.550. The summed E-state index contributed by atoms with van der Waals surface area (Å²) in [7, 11) is 1.41. The van der Waals surface area contributed by atoms with E-state index >= 15 is 0 Å². The van der Waals surface area contributed by atoms with E-state index in [0.717, 1.165) is 21.1 Å². The number of hydrogen-bond acceptors (Lipinski definition) is 3. The van der Waals surface area contributed by atoms with Gasteiger partial charge in [0.1, 0.15) is 0 Å².